The molecule has 1 aromatic carbocycles. The van der Waals surface area contributed by atoms with Crippen LogP contribution in [-0.2, 0) is 10.0 Å². The van der Waals surface area contributed by atoms with Crippen molar-refractivity contribution in [1.29, 1.82) is 0 Å². The smallest absolute Gasteiger partial charge is 0.208 e. The van der Waals surface area contributed by atoms with Gasteiger partial charge in [-0.1, -0.05) is 43.7 Å². The summed E-state index contributed by atoms with van der Waals surface area (Å²) in [5.74, 6) is 2.16. The molecule has 2 unspecified atom stereocenters. The van der Waals surface area contributed by atoms with Crippen LogP contribution in [-0.4, -0.2) is 58.3 Å². The van der Waals surface area contributed by atoms with Crippen LogP contribution in [0.1, 0.15) is 44.6 Å². The molecule has 1 aromatic rings. The van der Waals surface area contributed by atoms with Crippen LogP contribution in [0.3, 0.4) is 0 Å². The van der Waals surface area contributed by atoms with E-state index in [0.29, 0.717) is 31.3 Å². The highest BCUT2D eigenvalue weighted by molar-refractivity contribution is 7.88. The van der Waals surface area contributed by atoms with E-state index in [4.69, 9.17) is 4.99 Å². The van der Waals surface area contributed by atoms with E-state index < -0.39 is 10.0 Å². The quantitative estimate of drug-likeness (QED) is 0.403. The lowest BCUT2D eigenvalue weighted by Gasteiger charge is -2.40. The topological polar surface area (TPSA) is 73.8 Å². The summed E-state index contributed by atoms with van der Waals surface area (Å²) in [4.78, 5) is 7.08. The minimum Gasteiger partial charge on any atom is -0.357 e. The van der Waals surface area contributed by atoms with Crippen LogP contribution in [0.5, 0.6) is 0 Å². The molecule has 1 saturated heterocycles. The average Bonchev–Trinajstić information content (AvgIpc) is 2.66. The number of sulfonamides is 1. The van der Waals surface area contributed by atoms with Gasteiger partial charge in [0, 0.05) is 32.7 Å². The van der Waals surface area contributed by atoms with Crippen LogP contribution >= 0.6 is 0 Å². The molecule has 0 radical (unpaired) electrons. The summed E-state index contributed by atoms with van der Waals surface area (Å²) in [5.41, 5.74) is 1.44. The predicted molar refractivity (Wildman–Crippen MR) is 113 cm³/mol. The van der Waals surface area contributed by atoms with Gasteiger partial charge < -0.3 is 10.2 Å². The van der Waals surface area contributed by atoms with E-state index in [-0.39, 0.29) is 0 Å². The van der Waals surface area contributed by atoms with Gasteiger partial charge >= 0.3 is 0 Å². The molecule has 6 nitrogen and oxygen atoms in total. The molecule has 0 saturated carbocycles. The molecule has 1 fully saturated rings. The molecule has 1 heterocycles. The van der Waals surface area contributed by atoms with E-state index in [9.17, 15) is 8.42 Å². The number of piperidine rings is 1. The third-order valence-electron chi connectivity index (χ3n) is 5.08. The van der Waals surface area contributed by atoms with E-state index in [0.717, 1.165) is 38.4 Å². The fraction of sp³-hybridized carbons (Fsp3) is 0.650. The lowest BCUT2D eigenvalue weighted by Crippen LogP contribution is -2.48. The second-order valence-corrected chi connectivity index (χ2v) is 9.01. The lowest BCUT2D eigenvalue weighted by atomic mass is 9.79. The highest BCUT2D eigenvalue weighted by Gasteiger charge is 2.30. The van der Waals surface area contributed by atoms with Crippen LogP contribution in [0, 0.1) is 5.92 Å². The average molecular weight is 395 g/mol. The molecule has 1 aliphatic rings. The standard InChI is InChI=1S/C20H34N4O2S/c1-4-17-16-24(15-12-19(17)18-10-7-6-8-11-18)20(21-5-2)22-13-9-14-23-27(3,25)26/h6-8,10-11,17,19,23H,4-5,9,12-16H2,1-3H3,(H,21,22). The van der Waals surface area contributed by atoms with Gasteiger partial charge in [-0.3, -0.25) is 4.99 Å². The van der Waals surface area contributed by atoms with E-state index in [1.807, 2.05) is 0 Å². The maximum absolute atomic E-state index is 11.1. The Hall–Kier alpha value is -1.60. The number of hydrogen-bond acceptors (Lipinski definition) is 3. The zero-order chi connectivity index (χ0) is 19.7. The van der Waals surface area contributed by atoms with Crippen molar-refractivity contribution >= 4 is 16.0 Å². The molecular formula is C20H34N4O2S. The van der Waals surface area contributed by atoms with Gasteiger partial charge in [-0.25, -0.2) is 13.1 Å². The molecule has 2 rings (SSSR count). The molecule has 152 valence electrons. The van der Waals surface area contributed by atoms with E-state index in [2.05, 4.69) is 59.1 Å². The molecule has 0 bridgehead atoms. The number of guanidine groups is 1. The number of benzene rings is 1. The first-order chi connectivity index (χ1) is 12.9. The van der Waals surface area contributed by atoms with Gasteiger partial charge in [0.25, 0.3) is 0 Å². The fourth-order valence-electron chi connectivity index (χ4n) is 3.72. The molecule has 2 atom stereocenters. The monoisotopic (exact) mass is 394 g/mol. The summed E-state index contributed by atoms with van der Waals surface area (Å²) < 4.78 is 24.8. The van der Waals surface area contributed by atoms with Crippen molar-refractivity contribution < 1.29 is 8.42 Å². The maximum atomic E-state index is 11.1. The Morgan fingerprint density at radius 2 is 2.00 bits per heavy atom. The van der Waals surface area contributed by atoms with Gasteiger partial charge in [0.2, 0.25) is 10.0 Å². The lowest BCUT2D eigenvalue weighted by molar-refractivity contribution is 0.215. The Bertz CT molecular complexity index is 691. The van der Waals surface area contributed by atoms with Gasteiger partial charge in [-0.15, -0.1) is 0 Å². The highest BCUT2D eigenvalue weighted by atomic mass is 32.2. The van der Waals surface area contributed by atoms with E-state index in [1.54, 1.807) is 0 Å². The van der Waals surface area contributed by atoms with Crippen molar-refractivity contribution in [2.45, 2.75) is 39.0 Å². The number of aliphatic imine (C=N–C) groups is 1. The van der Waals surface area contributed by atoms with Crippen LogP contribution in [0.4, 0.5) is 0 Å². The van der Waals surface area contributed by atoms with Crippen molar-refractivity contribution in [2.24, 2.45) is 10.9 Å². The van der Waals surface area contributed by atoms with Gasteiger partial charge in [0.15, 0.2) is 5.96 Å². The second kappa shape index (κ2) is 10.7. The Morgan fingerprint density at radius 1 is 1.26 bits per heavy atom. The molecule has 7 heteroatoms. The summed E-state index contributed by atoms with van der Waals surface area (Å²) in [5, 5.41) is 3.40. The summed E-state index contributed by atoms with van der Waals surface area (Å²) in [7, 11) is -3.12. The molecule has 2 N–H and O–H groups in total. The Labute approximate surface area is 164 Å². The number of likely N-dealkylation sites (tertiary alicyclic amines) is 1. The third kappa shape index (κ3) is 7.14. The number of nitrogens with one attached hydrogen (secondary N) is 2. The first-order valence-electron chi connectivity index (χ1n) is 9.97. The van der Waals surface area contributed by atoms with Crippen LogP contribution in [0.2, 0.25) is 0 Å². The number of rotatable bonds is 8. The number of nitrogens with zero attached hydrogens (tertiary/aromatic N) is 2. The predicted octanol–water partition coefficient (Wildman–Crippen LogP) is 2.41. The largest absolute Gasteiger partial charge is 0.357 e. The molecule has 27 heavy (non-hydrogen) atoms. The summed E-state index contributed by atoms with van der Waals surface area (Å²) in [6.07, 6.45) is 4.15. The summed E-state index contributed by atoms with van der Waals surface area (Å²) in [6.45, 7) is 8.21. The molecule has 0 aromatic heterocycles. The van der Waals surface area contributed by atoms with Crippen molar-refractivity contribution in [1.82, 2.24) is 14.9 Å². The minimum atomic E-state index is -3.12. The van der Waals surface area contributed by atoms with E-state index in [1.165, 1.54) is 11.8 Å². The highest BCUT2D eigenvalue weighted by Crippen LogP contribution is 2.34. The van der Waals surface area contributed by atoms with Crippen LogP contribution < -0.4 is 10.0 Å². The Morgan fingerprint density at radius 3 is 2.63 bits per heavy atom. The zero-order valence-corrected chi connectivity index (χ0v) is 17.6. The third-order valence-corrected chi connectivity index (χ3v) is 5.81. The van der Waals surface area contributed by atoms with Crippen molar-refractivity contribution in [3.8, 4) is 0 Å². The van der Waals surface area contributed by atoms with Gasteiger partial charge in [0.05, 0.1) is 6.26 Å². The van der Waals surface area contributed by atoms with Gasteiger partial charge in [-0.05, 0) is 37.2 Å². The van der Waals surface area contributed by atoms with Crippen molar-refractivity contribution in [2.75, 3.05) is 39.0 Å². The summed E-state index contributed by atoms with van der Waals surface area (Å²) >= 11 is 0. The molecule has 0 spiro atoms. The number of hydrogen-bond donors (Lipinski definition) is 2. The van der Waals surface area contributed by atoms with Crippen molar-refractivity contribution in [3.63, 3.8) is 0 Å². The van der Waals surface area contributed by atoms with E-state index >= 15 is 0 Å². The summed E-state index contributed by atoms with van der Waals surface area (Å²) in [6, 6.07) is 10.8. The molecule has 0 amide bonds. The maximum Gasteiger partial charge on any atom is 0.208 e. The van der Waals surface area contributed by atoms with Crippen molar-refractivity contribution in [3.05, 3.63) is 35.9 Å². The molecular weight excluding hydrogens is 360 g/mol. The normalized spacial score (nSPS) is 21.3. The SMILES string of the molecule is CCNC(=NCCCNS(C)(=O)=O)N1CCC(c2ccccc2)C(CC)C1. The van der Waals surface area contributed by atoms with Gasteiger partial charge in [-0.2, -0.15) is 0 Å². The molecule has 0 aliphatic carbocycles. The first-order valence-corrected chi connectivity index (χ1v) is 11.9. The first kappa shape index (κ1) is 21.7. The fourth-order valence-corrected chi connectivity index (χ4v) is 4.24. The molecule has 1 aliphatic heterocycles. The van der Waals surface area contributed by atoms with Gasteiger partial charge in [0.1, 0.15) is 0 Å². The van der Waals surface area contributed by atoms with Crippen LogP contribution in [0.25, 0.3) is 0 Å². The second-order valence-electron chi connectivity index (χ2n) is 7.18. The Balaban J connectivity index is 1.96. The minimum absolute atomic E-state index is 0.426. The zero-order valence-electron chi connectivity index (χ0n) is 16.8. The Kier molecular flexibility index (Phi) is 8.57. The van der Waals surface area contributed by atoms with Crippen LogP contribution in [0.15, 0.2) is 35.3 Å².